The molecule has 3 saturated heterocycles. The molecule has 3 rings (SSSR count). The third kappa shape index (κ3) is 2.86. The Morgan fingerprint density at radius 3 is 2.78 bits per heavy atom. The van der Waals surface area contributed by atoms with Crippen molar-refractivity contribution in [3.63, 3.8) is 0 Å². The number of hydrogen-bond acceptors (Lipinski definition) is 5. The fourth-order valence-electron chi connectivity index (χ4n) is 3.22. The first kappa shape index (κ1) is 12.8. The Morgan fingerprint density at radius 2 is 2.00 bits per heavy atom. The molecule has 1 spiro atoms. The first-order chi connectivity index (χ1) is 8.76. The summed E-state index contributed by atoms with van der Waals surface area (Å²) in [6.07, 6.45) is 2.53. The minimum Gasteiger partial charge on any atom is -0.374 e. The van der Waals surface area contributed by atoms with Gasteiger partial charge in [0.25, 0.3) is 0 Å². The van der Waals surface area contributed by atoms with Gasteiger partial charge >= 0.3 is 0 Å². The molecule has 104 valence electrons. The second-order valence-corrected chi connectivity index (χ2v) is 5.70. The second kappa shape index (κ2) is 5.43. The van der Waals surface area contributed by atoms with E-state index in [9.17, 15) is 0 Å². The monoisotopic (exact) mass is 256 g/mol. The first-order valence-corrected chi connectivity index (χ1v) is 7.06. The lowest BCUT2D eigenvalue weighted by atomic mass is 10.0. The van der Waals surface area contributed by atoms with Crippen LogP contribution >= 0.6 is 0 Å². The van der Waals surface area contributed by atoms with Crippen molar-refractivity contribution in [1.29, 1.82) is 0 Å². The molecule has 0 amide bonds. The number of nitrogens with zero attached hydrogens (tertiary/aromatic N) is 2. The van der Waals surface area contributed by atoms with Crippen molar-refractivity contribution in [2.75, 3.05) is 59.6 Å². The minimum atomic E-state index is -0.307. The summed E-state index contributed by atoms with van der Waals surface area (Å²) >= 11 is 0. The van der Waals surface area contributed by atoms with Gasteiger partial charge in [-0.1, -0.05) is 0 Å². The summed E-state index contributed by atoms with van der Waals surface area (Å²) in [4.78, 5) is 4.79. The first-order valence-electron chi connectivity index (χ1n) is 7.06. The van der Waals surface area contributed by atoms with E-state index in [0.717, 1.165) is 65.4 Å². The molecule has 1 unspecified atom stereocenters. The zero-order valence-corrected chi connectivity index (χ0v) is 11.3. The lowest BCUT2D eigenvalue weighted by Crippen LogP contribution is -2.53. The summed E-state index contributed by atoms with van der Waals surface area (Å²) in [7, 11) is 2.16. The van der Waals surface area contributed by atoms with Gasteiger partial charge < -0.3 is 19.1 Å². The molecule has 0 aromatic heterocycles. The second-order valence-electron chi connectivity index (χ2n) is 5.70. The molecule has 3 aliphatic heterocycles. The van der Waals surface area contributed by atoms with E-state index in [4.69, 9.17) is 14.2 Å². The van der Waals surface area contributed by atoms with Gasteiger partial charge in [-0.05, 0) is 20.0 Å². The highest BCUT2D eigenvalue weighted by Gasteiger charge is 2.41. The van der Waals surface area contributed by atoms with Gasteiger partial charge in [0.05, 0.1) is 32.5 Å². The van der Waals surface area contributed by atoms with E-state index in [2.05, 4.69) is 16.8 Å². The van der Waals surface area contributed by atoms with E-state index in [1.54, 1.807) is 0 Å². The third-order valence-electron chi connectivity index (χ3n) is 4.11. The molecule has 0 bridgehead atoms. The summed E-state index contributed by atoms with van der Waals surface area (Å²) in [5, 5.41) is 0. The van der Waals surface area contributed by atoms with Gasteiger partial charge in [0.2, 0.25) is 0 Å². The van der Waals surface area contributed by atoms with Crippen molar-refractivity contribution in [1.82, 2.24) is 9.80 Å². The summed E-state index contributed by atoms with van der Waals surface area (Å²) in [5.74, 6) is -0.307. The number of likely N-dealkylation sites (tertiary alicyclic amines) is 1. The van der Waals surface area contributed by atoms with Crippen LogP contribution in [0.25, 0.3) is 0 Å². The lowest BCUT2D eigenvalue weighted by Gasteiger charge is -2.41. The van der Waals surface area contributed by atoms with Crippen molar-refractivity contribution in [2.24, 2.45) is 0 Å². The van der Waals surface area contributed by atoms with Crippen LogP contribution in [-0.2, 0) is 14.2 Å². The van der Waals surface area contributed by atoms with Crippen LogP contribution in [0.4, 0.5) is 0 Å². The van der Waals surface area contributed by atoms with Crippen LogP contribution in [0.15, 0.2) is 0 Å². The lowest BCUT2D eigenvalue weighted by molar-refractivity contribution is -0.193. The van der Waals surface area contributed by atoms with Gasteiger partial charge in [-0.15, -0.1) is 0 Å². The molecule has 0 N–H and O–H groups in total. The van der Waals surface area contributed by atoms with E-state index < -0.39 is 0 Å². The van der Waals surface area contributed by atoms with Crippen LogP contribution in [0.2, 0.25) is 0 Å². The van der Waals surface area contributed by atoms with Crippen LogP contribution in [-0.4, -0.2) is 81.3 Å². The van der Waals surface area contributed by atoms with E-state index >= 15 is 0 Å². The molecule has 0 radical (unpaired) electrons. The van der Waals surface area contributed by atoms with Gasteiger partial charge in [-0.3, -0.25) is 4.90 Å². The zero-order chi connectivity index (χ0) is 12.4. The molecule has 5 heteroatoms. The Balaban J connectivity index is 1.52. The van der Waals surface area contributed by atoms with Crippen LogP contribution in [0.5, 0.6) is 0 Å². The number of morpholine rings is 1. The normalized spacial score (nSPS) is 34.2. The highest BCUT2D eigenvalue weighted by Crippen LogP contribution is 2.30. The molecular weight excluding hydrogens is 232 g/mol. The van der Waals surface area contributed by atoms with Crippen molar-refractivity contribution >= 4 is 0 Å². The topological polar surface area (TPSA) is 34.2 Å². The van der Waals surface area contributed by atoms with Crippen LogP contribution in [0, 0.1) is 0 Å². The molecule has 18 heavy (non-hydrogen) atoms. The Hall–Kier alpha value is -0.200. The largest absolute Gasteiger partial charge is 0.374 e. The fourth-order valence-corrected chi connectivity index (χ4v) is 3.22. The van der Waals surface area contributed by atoms with Crippen molar-refractivity contribution < 1.29 is 14.2 Å². The number of ether oxygens (including phenoxy) is 3. The van der Waals surface area contributed by atoms with E-state index in [0.29, 0.717) is 6.10 Å². The SMILES string of the molecule is CN1CCOC(CN2CCCC3(C2)OCCO3)C1. The maximum absolute atomic E-state index is 5.84. The predicted octanol–water partition coefficient (Wildman–Crippen LogP) is 0.156. The molecule has 3 heterocycles. The Labute approximate surface area is 109 Å². The summed E-state index contributed by atoms with van der Waals surface area (Å²) < 4.78 is 17.5. The summed E-state index contributed by atoms with van der Waals surface area (Å²) in [6, 6.07) is 0. The zero-order valence-electron chi connectivity index (χ0n) is 11.3. The maximum Gasteiger partial charge on any atom is 0.181 e. The van der Waals surface area contributed by atoms with Crippen molar-refractivity contribution in [3.05, 3.63) is 0 Å². The molecule has 3 aliphatic rings. The molecule has 0 saturated carbocycles. The molecule has 0 aromatic carbocycles. The average molecular weight is 256 g/mol. The fraction of sp³-hybridized carbons (Fsp3) is 1.00. The predicted molar refractivity (Wildman–Crippen MR) is 67.5 cm³/mol. The number of rotatable bonds is 2. The molecule has 1 atom stereocenters. The standard InChI is InChI=1S/C13H24N2O3/c1-14-5-6-16-12(9-14)10-15-4-2-3-13(11-15)17-7-8-18-13/h12H,2-11H2,1H3. The average Bonchev–Trinajstić information content (AvgIpc) is 2.77. The molecule has 3 fully saturated rings. The van der Waals surface area contributed by atoms with Gasteiger partial charge in [0.15, 0.2) is 5.79 Å². The molecule has 0 aliphatic carbocycles. The Bertz CT molecular complexity index is 281. The van der Waals surface area contributed by atoms with Gasteiger partial charge in [-0.25, -0.2) is 0 Å². The molecular formula is C13H24N2O3. The van der Waals surface area contributed by atoms with E-state index in [-0.39, 0.29) is 5.79 Å². The highest BCUT2D eigenvalue weighted by molar-refractivity contribution is 4.85. The van der Waals surface area contributed by atoms with Crippen molar-refractivity contribution in [3.8, 4) is 0 Å². The minimum absolute atomic E-state index is 0.307. The smallest absolute Gasteiger partial charge is 0.181 e. The van der Waals surface area contributed by atoms with Gasteiger partial charge in [-0.2, -0.15) is 0 Å². The van der Waals surface area contributed by atoms with E-state index in [1.807, 2.05) is 0 Å². The molecule has 0 aromatic rings. The maximum atomic E-state index is 5.84. The van der Waals surface area contributed by atoms with Crippen molar-refractivity contribution in [2.45, 2.75) is 24.7 Å². The van der Waals surface area contributed by atoms with Gasteiger partial charge in [0.1, 0.15) is 0 Å². The third-order valence-corrected chi connectivity index (χ3v) is 4.11. The highest BCUT2D eigenvalue weighted by atomic mass is 16.7. The Morgan fingerprint density at radius 1 is 1.17 bits per heavy atom. The summed E-state index contributed by atoms with van der Waals surface area (Å²) in [6.45, 7) is 7.46. The Kier molecular flexibility index (Phi) is 3.86. The number of likely N-dealkylation sites (N-methyl/N-ethyl adjacent to an activating group) is 1. The summed E-state index contributed by atoms with van der Waals surface area (Å²) in [5.41, 5.74) is 0. The number of piperidine rings is 1. The number of hydrogen-bond donors (Lipinski definition) is 0. The molecule has 5 nitrogen and oxygen atoms in total. The van der Waals surface area contributed by atoms with Crippen LogP contribution in [0.3, 0.4) is 0 Å². The van der Waals surface area contributed by atoms with Gasteiger partial charge in [0, 0.05) is 26.1 Å². The van der Waals surface area contributed by atoms with E-state index in [1.165, 1.54) is 0 Å². The van der Waals surface area contributed by atoms with Crippen LogP contribution < -0.4 is 0 Å². The van der Waals surface area contributed by atoms with Crippen LogP contribution in [0.1, 0.15) is 12.8 Å². The quantitative estimate of drug-likeness (QED) is 0.703.